The molecule has 87 heavy (non-hydrogen) atoms. The van der Waals surface area contributed by atoms with E-state index in [9.17, 15) is 44.1 Å². The van der Waals surface area contributed by atoms with Gasteiger partial charge in [0.1, 0.15) is 42.3 Å². The van der Waals surface area contributed by atoms with E-state index < -0.39 is 79.9 Å². The summed E-state index contributed by atoms with van der Waals surface area (Å²) in [4.78, 5) is 87.5. The van der Waals surface area contributed by atoms with Crippen molar-refractivity contribution in [2.75, 3.05) is 44.4 Å². The molecule has 0 aliphatic carbocycles. The summed E-state index contributed by atoms with van der Waals surface area (Å²) in [6.07, 6.45) is 3.56. The predicted octanol–water partition coefficient (Wildman–Crippen LogP) is 3.70. The maximum Gasteiger partial charge on any atom is 0.737 e. The smallest absolute Gasteiger partial charge is 0.490 e. The first-order chi connectivity index (χ1) is 41.8. The zero-order valence-electron chi connectivity index (χ0n) is 48.5. The Balaban J connectivity index is 0.894. The van der Waals surface area contributed by atoms with Crippen LogP contribution in [0.1, 0.15) is 96.6 Å². The molecule has 7 rings (SSSR count). The fourth-order valence-corrected chi connectivity index (χ4v) is 11.6. The molecule has 5 heterocycles. The summed E-state index contributed by atoms with van der Waals surface area (Å²) in [7, 11) is 2.76. The molecule has 2 aromatic carbocycles. The van der Waals surface area contributed by atoms with Crippen LogP contribution in [0.15, 0.2) is 84.8 Å². The molecule has 29 heteroatoms. The monoisotopic (exact) mass is 1240 g/mol. The van der Waals surface area contributed by atoms with Crippen LogP contribution < -0.4 is 41.4 Å². The molecule has 466 valence electrons. The van der Waals surface area contributed by atoms with Gasteiger partial charge in [-0.1, -0.05) is 59.7 Å². The van der Waals surface area contributed by atoms with Gasteiger partial charge in [0.05, 0.1) is 44.4 Å². The molecule has 2 aromatic heterocycles. The van der Waals surface area contributed by atoms with Crippen LogP contribution in [0.4, 0.5) is 13.4 Å². The van der Waals surface area contributed by atoms with Gasteiger partial charge in [0.25, 0.3) is 5.91 Å². The Morgan fingerprint density at radius 2 is 1.57 bits per heavy atom. The van der Waals surface area contributed by atoms with Crippen LogP contribution >= 0.6 is 21.6 Å². The molecule has 4 unspecified atom stereocenters. The highest BCUT2D eigenvalue weighted by Gasteiger charge is 2.52. The van der Waals surface area contributed by atoms with E-state index >= 15 is 8.63 Å². The Bertz CT molecular complexity index is 3200. The van der Waals surface area contributed by atoms with Crippen molar-refractivity contribution in [2.24, 2.45) is 5.92 Å². The summed E-state index contributed by atoms with van der Waals surface area (Å²) >= 11 is 0. The van der Waals surface area contributed by atoms with Gasteiger partial charge >= 0.3 is 13.1 Å². The maximum atomic E-state index is 15.9. The number of halogens is 2. The molecular weight excluding hydrogens is 1170 g/mol. The van der Waals surface area contributed by atoms with Crippen molar-refractivity contribution in [3.63, 3.8) is 0 Å². The second-order valence-corrected chi connectivity index (χ2v) is 23.6. The van der Waals surface area contributed by atoms with E-state index in [0.717, 1.165) is 14.5 Å². The van der Waals surface area contributed by atoms with Gasteiger partial charge in [0.15, 0.2) is 11.4 Å². The molecule has 4 aromatic rings. The molecule has 6 amide bonds. The van der Waals surface area contributed by atoms with Crippen molar-refractivity contribution in [1.29, 1.82) is 5.26 Å². The number of nitriles is 1. The minimum absolute atomic E-state index is 0.0196. The molecule has 24 nitrogen and oxygen atoms in total. The minimum Gasteiger partial charge on any atom is -0.490 e. The summed E-state index contributed by atoms with van der Waals surface area (Å²) in [5, 5.41) is 55.6. The minimum atomic E-state index is -4.18. The number of hydrogen-bond acceptors (Lipinski definition) is 18. The number of carbonyl (C=O) groups is 6. The second-order valence-electron chi connectivity index (χ2n) is 20.8. The number of ether oxygens (including phenoxy) is 4. The van der Waals surface area contributed by atoms with E-state index in [1.165, 1.54) is 46.1 Å². The van der Waals surface area contributed by atoms with Crippen molar-refractivity contribution >= 4 is 76.0 Å². The van der Waals surface area contributed by atoms with Gasteiger partial charge in [-0.2, -0.15) is 5.26 Å². The molecule has 3 aliphatic heterocycles. The van der Waals surface area contributed by atoms with E-state index in [1.54, 1.807) is 81.5 Å². The third-order valence-corrected chi connectivity index (χ3v) is 16.9. The number of aliphatic hydroxyl groups excluding tert-OH is 3. The number of carbonyl (C=O) groups excluding carboxylic acids is 6. The van der Waals surface area contributed by atoms with Gasteiger partial charge in [-0.25, -0.2) is 14.8 Å². The number of allylic oxidation sites excluding steroid dienone is 2. The number of nitrogens with zero attached hydrogens (tertiary/aromatic N) is 5. The van der Waals surface area contributed by atoms with Crippen LogP contribution in [0.2, 0.25) is 0 Å². The fraction of sp³-hybridized carbons (Fsp3) is 0.448. The summed E-state index contributed by atoms with van der Waals surface area (Å²) < 4.78 is 56.3. The van der Waals surface area contributed by atoms with Gasteiger partial charge in [-0.3, -0.25) is 24.0 Å². The average Bonchev–Trinajstić information content (AvgIpc) is 1.66. The van der Waals surface area contributed by atoms with Gasteiger partial charge in [0.2, 0.25) is 35.7 Å². The molecule has 1 saturated heterocycles. The van der Waals surface area contributed by atoms with Crippen molar-refractivity contribution in [1.82, 2.24) is 46.3 Å². The Morgan fingerprint density at radius 3 is 2.29 bits per heavy atom. The molecule has 0 saturated carbocycles. The van der Waals surface area contributed by atoms with Gasteiger partial charge in [-0.05, 0) is 92.2 Å². The molecular formula is C58H72BF2N11O13S2. The van der Waals surface area contributed by atoms with Crippen LogP contribution in [0.5, 0.6) is 11.5 Å². The second kappa shape index (κ2) is 32.2. The Labute approximate surface area is 509 Å². The van der Waals surface area contributed by atoms with Crippen molar-refractivity contribution in [2.45, 2.75) is 116 Å². The number of nitrogens with one attached hydrogen (secondary N) is 6. The third kappa shape index (κ3) is 18.6. The zero-order chi connectivity index (χ0) is 62.6. The SMILES string of the molecule is CCSSCC(NC(=O)OCc1ccc(OC2O[C@H](CO)[C@H](C)[C@H](O)C2O)cc1)C(=O)NCC(=O)NC(CCCCNC(=O)CCC1=[N+]2C(=Cc3c(C)cc(C)n3[B-]2(F)F)C=C1)C(=O)NCc1ccc(C(=O)NCCCOc2cnc(C#N)nc2)cc1. The summed E-state index contributed by atoms with van der Waals surface area (Å²) in [6, 6.07) is 14.1. The largest absolute Gasteiger partial charge is 0.737 e. The van der Waals surface area contributed by atoms with E-state index in [1.807, 2.05) is 13.0 Å². The predicted molar refractivity (Wildman–Crippen MR) is 320 cm³/mol. The van der Waals surface area contributed by atoms with E-state index in [2.05, 4.69) is 41.9 Å². The van der Waals surface area contributed by atoms with E-state index in [4.69, 9.17) is 24.2 Å². The number of aromatic nitrogens is 3. The van der Waals surface area contributed by atoms with Gasteiger partial charge in [-0.15, -0.1) is 0 Å². The first-order valence-electron chi connectivity index (χ1n) is 28.4. The lowest BCUT2D eigenvalue weighted by Gasteiger charge is -2.40. The van der Waals surface area contributed by atoms with Crippen LogP contribution in [-0.4, -0.2) is 164 Å². The topological polar surface area (TPSA) is 330 Å². The lowest BCUT2D eigenvalue weighted by molar-refractivity contribution is -0.362. The van der Waals surface area contributed by atoms with Crippen LogP contribution in [0.3, 0.4) is 0 Å². The van der Waals surface area contributed by atoms with Crippen molar-refractivity contribution < 1.29 is 76.2 Å². The summed E-state index contributed by atoms with van der Waals surface area (Å²) in [6.45, 7) is 2.42. The Morgan fingerprint density at radius 1 is 0.862 bits per heavy atom. The first kappa shape index (κ1) is 66.6. The zero-order valence-corrected chi connectivity index (χ0v) is 50.2. The number of benzene rings is 2. The highest BCUT2D eigenvalue weighted by atomic mass is 33.1. The molecule has 0 spiro atoms. The van der Waals surface area contributed by atoms with Crippen molar-refractivity contribution in [3.8, 4) is 17.6 Å². The summed E-state index contributed by atoms with van der Waals surface area (Å²) in [5.41, 5.74) is 3.87. The third-order valence-electron chi connectivity index (χ3n) is 14.5. The molecule has 7 atom stereocenters. The van der Waals surface area contributed by atoms with E-state index in [0.29, 0.717) is 76.8 Å². The van der Waals surface area contributed by atoms with Crippen molar-refractivity contribution in [3.05, 3.63) is 124 Å². The number of alkyl carbamates (subject to hydrolysis) is 1. The number of hydrogen-bond donors (Lipinski definition) is 9. The number of rotatable bonds is 31. The number of aliphatic hydroxyl groups is 3. The normalized spacial score (nSPS) is 18.8. The standard InChI is InChI=1S/C58H72BF2N11O13S2/c1-5-86-87-34-46(70-58(81)83-33-39-12-19-43(20-13-39)84-57-53(77)52(76)37(4)48(32-73)85-57)56(80)68-31-51(75)69-45(55(79)67-28-38-10-14-40(15-11-38)54(78)64-23-8-24-82-44-29-65-49(27-62)66-30-44)9-6-7-22-63-50(74)21-18-41-16-17-42-26-47-35(2)25-36(3)71(47)59(60,61)72(41)42/h10-17,19-20,25-26,29-30,37,45-46,48,52-53,57,73,76-77H,5-9,18,21-24,28,31-34H2,1-4H3,(H,63,74)(H,64,78)(H,67,79)(H,68,80)(H,69,75)(H,70,81)/t37-,45?,46?,48+,52-,53?,57?/m0/s1. The highest BCUT2D eigenvalue weighted by Crippen LogP contribution is 2.35. The van der Waals surface area contributed by atoms with Gasteiger partial charge < -0.3 is 83.8 Å². The maximum absolute atomic E-state index is 15.9. The molecule has 0 bridgehead atoms. The lowest BCUT2D eigenvalue weighted by Crippen LogP contribution is -2.56. The number of amides is 6. The lowest BCUT2D eigenvalue weighted by atomic mass is 9.90. The number of unbranched alkanes of at least 4 members (excludes halogenated alkanes) is 1. The first-order valence-corrected chi connectivity index (χ1v) is 30.9. The fourth-order valence-electron chi connectivity index (χ4n) is 9.72. The molecule has 3 aliphatic rings. The molecule has 1 fully saturated rings. The molecule has 0 radical (unpaired) electrons. The molecule has 9 N–H and O–H groups in total. The average molecular weight is 1240 g/mol. The van der Waals surface area contributed by atoms with Gasteiger partial charge in [0, 0.05) is 79.4 Å². The van der Waals surface area contributed by atoms with Crippen LogP contribution in [-0.2, 0) is 41.8 Å². The Hall–Kier alpha value is -7.88. The van der Waals surface area contributed by atoms with Crippen LogP contribution in [0, 0.1) is 31.1 Å². The quantitative estimate of drug-likeness (QED) is 0.0197. The number of aryl methyl sites for hydroxylation is 2. The summed E-state index contributed by atoms with van der Waals surface area (Å²) in [5.74, 6) is -1.72. The van der Waals surface area contributed by atoms with E-state index in [-0.39, 0.29) is 81.3 Å². The highest BCUT2D eigenvalue weighted by molar-refractivity contribution is 8.76. The number of fused-ring (bicyclic) bond motifs is 2. The van der Waals surface area contributed by atoms with Crippen LogP contribution in [0.25, 0.3) is 6.08 Å². The Kier molecular flexibility index (Phi) is 24.7.